The second kappa shape index (κ2) is 5.70. The summed E-state index contributed by atoms with van der Waals surface area (Å²) in [7, 11) is 0. The SMILES string of the molecule is CCCC(N)CCc1ccncc1F. The minimum absolute atomic E-state index is 0.188. The Balaban J connectivity index is 2.41. The lowest BCUT2D eigenvalue weighted by atomic mass is 10.0. The van der Waals surface area contributed by atoms with Crippen molar-refractivity contribution in [3.8, 4) is 0 Å². The number of hydrogen-bond donors (Lipinski definition) is 1. The van der Waals surface area contributed by atoms with Crippen LogP contribution >= 0.6 is 0 Å². The van der Waals surface area contributed by atoms with Gasteiger partial charge in [0.05, 0.1) is 6.20 Å². The molecular formula is C11H17FN2. The summed E-state index contributed by atoms with van der Waals surface area (Å²) in [6.07, 6.45) is 6.50. The van der Waals surface area contributed by atoms with E-state index in [1.54, 1.807) is 12.3 Å². The van der Waals surface area contributed by atoms with E-state index in [1.807, 2.05) is 0 Å². The van der Waals surface area contributed by atoms with Gasteiger partial charge >= 0.3 is 0 Å². The highest BCUT2D eigenvalue weighted by atomic mass is 19.1. The molecule has 14 heavy (non-hydrogen) atoms. The van der Waals surface area contributed by atoms with E-state index >= 15 is 0 Å². The largest absolute Gasteiger partial charge is 0.328 e. The van der Waals surface area contributed by atoms with Crippen LogP contribution in [0.25, 0.3) is 0 Å². The van der Waals surface area contributed by atoms with Crippen molar-refractivity contribution < 1.29 is 4.39 Å². The third-order valence-electron chi connectivity index (χ3n) is 2.30. The highest BCUT2D eigenvalue weighted by molar-refractivity contribution is 5.12. The Morgan fingerprint density at radius 1 is 1.50 bits per heavy atom. The number of nitrogens with two attached hydrogens (primary N) is 1. The van der Waals surface area contributed by atoms with E-state index in [-0.39, 0.29) is 11.9 Å². The molecule has 1 aromatic heterocycles. The van der Waals surface area contributed by atoms with Crippen molar-refractivity contribution >= 4 is 0 Å². The summed E-state index contributed by atoms with van der Waals surface area (Å²) < 4.78 is 13.1. The Bertz CT molecular complexity index is 276. The fourth-order valence-corrected chi connectivity index (χ4v) is 1.46. The zero-order valence-electron chi connectivity index (χ0n) is 8.54. The van der Waals surface area contributed by atoms with Crippen LogP contribution in [-0.2, 0) is 6.42 Å². The smallest absolute Gasteiger partial charge is 0.144 e. The van der Waals surface area contributed by atoms with Crippen LogP contribution in [0.1, 0.15) is 31.7 Å². The van der Waals surface area contributed by atoms with Gasteiger partial charge in [-0.15, -0.1) is 0 Å². The molecule has 0 aliphatic heterocycles. The average molecular weight is 196 g/mol. The molecule has 0 radical (unpaired) electrons. The number of hydrogen-bond acceptors (Lipinski definition) is 2. The van der Waals surface area contributed by atoms with Crippen LogP contribution in [0.3, 0.4) is 0 Å². The van der Waals surface area contributed by atoms with Gasteiger partial charge in [0, 0.05) is 12.2 Å². The standard InChI is InChI=1S/C11H17FN2/c1-2-3-10(13)5-4-9-6-7-14-8-11(9)12/h6-8,10H,2-5,13H2,1H3. The van der Waals surface area contributed by atoms with Gasteiger partial charge in [0.25, 0.3) is 0 Å². The first-order valence-electron chi connectivity index (χ1n) is 5.08. The highest BCUT2D eigenvalue weighted by Gasteiger charge is 2.05. The number of pyridine rings is 1. The molecule has 78 valence electrons. The topological polar surface area (TPSA) is 38.9 Å². The van der Waals surface area contributed by atoms with Crippen LogP contribution in [0.5, 0.6) is 0 Å². The second-order valence-electron chi connectivity index (χ2n) is 3.55. The van der Waals surface area contributed by atoms with Gasteiger partial charge < -0.3 is 5.73 Å². The fraction of sp³-hybridized carbons (Fsp3) is 0.545. The van der Waals surface area contributed by atoms with Gasteiger partial charge in [-0.1, -0.05) is 13.3 Å². The molecule has 0 aromatic carbocycles. The third kappa shape index (κ3) is 3.42. The van der Waals surface area contributed by atoms with Gasteiger partial charge in [-0.2, -0.15) is 0 Å². The van der Waals surface area contributed by atoms with Gasteiger partial charge in [0.2, 0.25) is 0 Å². The van der Waals surface area contributed by atoms with Crippen LogP contribution in [0.4, 0.5) is 4.39 Å². The zero-order valence-corrected chi connectivity index (χ0v) is 8.54. The lowest BCUT2D eigenvalue weighted by Gasteiger charge is -2.09. The molecule has 0 spiro atoms. The molecule has 0 bridgehead atoms. The van der Waals surface area contributed by atoms with Crippen molar-refractivity contribution in [2.75, 3.05) is 0 Å². The molecule has 0 saturated heterocycles. The molecule has 0 amide bonds. The predicted octanol–water partition coefficient (Wildman–Crippen LogP) is 2.28. The Morgan fingerprint density at radius 2 is 2.29 bits per heavy atom. The molecule has 2 nitrogen and oxygen atoms in total. The predicted molar refractivity (Wildman–Crippen MR) is 55.4 cm³/mol. The molecule has 1 unspecified atom stereocenters. The minimum Gasteiger partial charge on any atom is -0.328 e. The first-order valence-corrected chi connectivity index (χ1v) is 5.08. The van der Waals surface area contributed by atoms with E-state index in [1.165, 1.54) is 6.20 Å². The van der Waals surface area contributed by atoms with E-state index in [0.717, 1.165) is 19.3 Å². The van der Waals surface area contributed by atoms with E-state index < -0.39 is 0 Å². The van der Waals surface area contributed by atoms with Crippen molar-refractivity contribution in [2.45, 2.75) is 38.6 Å². The van der Waals surface area contributed by atoms with Crippen molar-refractivity contribution in [2.24, 2.45) is 5.73 Å². The maximum absolute atomic E-state index is 13.1. The monoisotopic (exact) mass is 196 g/mol. The zero-order chi connectivity index (χ0) is 10.4. The molecule has 0 fully saturated rings. The molecule has 0 saturated carbocycles. The van der Waals surface area contributed by atoms with Crippen molar-refractivity contribution in [1.29, 1.82) is 0 Å². The van der Waals surface area contributed by atoms with Crippen LogP contribution < -0.4 is 5.73 Å². The van der Waals surface area contributed by atoms with Gasteiger partial charge in [0.1, 0.15) is 5.82 Å². The Hall–Kier alpha value is -0.960. The van der Waals surface area contributed by atoms with Gasteiger partial charge in [0.15, 0.2) is 0 Å². The summed E-state index contributed by atoms with van der Waals surface area (Å²) in [4.78, 5) is 3.70. The minimum atomic E-state index is -0.226. The van der Waals surface area contributed by atoms with E-state index in [4.69, 9.17) is 5.73 Å². The molecule has 0 aliphatic rings. The second-order valence-corrected chi connectivity index (χ2v) is 3.55. The van der Waals surface area contributed by atoms with E-state index in [0.29, 0.717) is 12.0 Å². The molecule has 1 aromatic rings. The summed E-state index contributed by atoms with van der Waals surface area (Å²) in [6.45, 7) is 2.10. The summed E-state index contributed by atoms with van der Waals surface area (Å²) in [5, 5.41) is 0. The number of rotatable bonds is 5. The van der Waals surface area contributed by atoms with Crippen LogP contribution in [0.2, 0.25) is 0 Å². The lowest BCUT2D eigenvalue weighted by molar-refractivity contribution is 0.543. The third-order valence-corrected chi connectivity index (χ3v) is 2.30. The Morgan fingerprint density at radius 3 is 2.93 bits per heavy atom. The maximum atomic E-state index is 13.1. The molecule has 3 heteroatoms. The van der Waals surface area contributed by atoms with E-state index in [9.17, 15) is 4.39 Å². The van der Waals surface area contributed by atoms with Crippen molar-refractivity contribution in [3.63, 3.8) is 0 Å². The van der Waals surface area contributed by atoms with E-state index in [2.05, 4.69) is 11.9 Å². The van der Waals surface area contributed by atoms with Crippen molar-refractivity contribution in [3.05, 3.63) is 29.8 Å². The normalized spacial score (nSPS) is 12.8. The van der Waals surface area contributed by atoms with Crippen molar-refractivity contribution in [1.82, 2.24) is 4.98 Å². The summed E-state index contributed by atoms with van der Waals surface area (Å²) in [5.74, 6) is -0.226. The molecule has 1 heterocycles. The quantitative estimate of drug-likeness (QED) is 0.784. The number of aryl methyl sites for hydroxylation is 1. The first kappa shape index (κ1) is 11.1. The van der Waals surface area contributed by atoms with Crippen LogP contribution in [0.15, 0.2) is 18.5 Å². The van der Waals surface area contributed by atoms with Gasteiger partial charge in [-0.25, -0.2) is 4.39 Å². The Labute approximate surface area is 84.3 Å². The summed E-state index contributed by atoms with van der Waals surface area (Å²) in [6, 6.07) is 1.90. The number of halogens is 1. The molecule has 2 N–H and O–H groups in total. The number of aromatic nitrogens is 1. The van der Waals surface area contributed by atoms with Gasteiger partial charge in [-0.3, -0.25) is 4.98 Å². The number of nitrogens with zero attached hydrogens (tertiary/aromatic N) is 1. The first-order chi connectivity index (χ1) is 6.74. The van der Waals surface area contributed by atoms with Crippen LogP contribution in [-0.4, -0.2) is 11.0 Å². The summed E-state index contributed by atoms with van der Waals surface area (Å²) in [5.41, 5.74) is 6.56. The Kier molecular flexibility index (Phi) is 4.53. The van der Waals surface area contributed by atoms with Gasteiger partial charge in [-0.05, 0) is 30.9 Å². The fourth-order valence-electron chi connectivity index (χ4n) is 1.46. The van der Waals surface area contributed by atoms with Crippen LogP contribution in [0, 0.1) is 5.82 Å². The molecule has 0 aliphatic carbocycles. The molecule has 1 rings (SSSR count). The maximum Gasteiger partial charge on any atom is 0.144 e. The lowest BCUT2D eigenvalue weighted by Crippen LogP contribution is -2.20. The highest BCUT2D eigenvalue weighted by Crippen LogP contribution is 2.09. The molecule has 1 atom stereocenters. The molecular weight excluding hydrogens is 179 g/mol. The summed E-state index contributed by atoms with van der Waals surface area (Å²) >= 11 is 0. The average Bonchev–Trinajstić information content (AvgIpc) is 2.17.